The molecule has 3 heterocycles. The molecule has 3 fully saturated rings. The molecule has 0 aromatic carbocycles. The first-order valence-corrected chi connectivity index (χ1v) is 9.67. The zero-order valence-corrected chi connectivity index (χ0v) is 14.8. The number of aromatic nitrogens is 1. The number of aryl methyl sites for hydroxylation is 1. The predicted molar refractivity (Wildman–Crippen MR) is 96.1 cm³/mol. The van der Waals surface area contributed by atoms with Crippen LogP contribution in [0.3, 0.4) is 0 Å². The monoisotopic (exact) mass is 327 g/mol. The van der Waals surface area contributed by atoms with Crippen molar-refractivity contribution in [2.75, 3.05) is 24.5 Å². The Morgan fingerprint density at radius 3 is 2.67 bits per heavy atom. The fraction of sp³-hybridized carbons (Fsp3) is 0.700. The second-order valence-electron chi connectivity index (χ2n) is 8.04. The van der Waals surface area contributed by atoms with E-state index in [2.05, 4.69) is 33.8 Å². The SMILES string of the molecule is Cc1ccc(N2CCCC3(CCN(C4CCCCC4)C3=O)C2)nc1. The predicted octanol–water partition coefficient (Wildman–Crippen LogP) is 3.54. The van der Waals surface area contributed by atoms with Crippen LogP contribution in [0.15, 0.2) is 18.3 Å². The van der Waals surface area contributed by atoms with Gasteiger partial charge in [0.25, 0.3) is 0 Å². The van der Waals surface area contributed by atoms with Crippen LogP contribution in [0.5, 0.6) is 0 Å². The molecular weight excluding hydrogens is 298 g/mol. The maximum absolute atomic E-state index is 13.3. The highest BCUT2D eigenvalue weighted by Crippen LogP contribution is 2.43. The summed E-state index contributed by atoms with van der Waals surface area (Å²) < 4.78 is 0. The third kappa shape index (κ3) is 2.80. The number of anilines is 1. The molecule has 0 bridgehead atoms. The number of pyridine rings is 1. The van der Waals surface area contributed by atoms with Crippen LogP contribution in [-0.2, 0) is 4.79 Å². The molecule has 1 amide bonds. The smallest absolute Gasteiger partial charge is 0.230 e. The van der Waals surface area contributed by atoms with Gasteiger partial charge in [0.15, 0.2) is 0 Å². The minimum absolute atomic E-state index is 0.151. The van der Waals surface area contributed by atoms with Gasteiger partial charge in [0.1, 0.15) is 5.82 Å². The lowest BCUT2D eigenvalue weighted by molar-refractivity contribution is -0.138. The molecule has 1 aromatic heterocycles. The Labute approximate surface area is 145 Å². The third-order valence-electron chi connectivity index (χ3n) is 6.36. The molecule has 1 saturated carbocycles. The van der Waals surface area contributed by atoms with E-state index < -0.39 is 0 Å². The largest absolute Gasteiger partial charge is 0.356 e. The number of hydrogen-bond acceptors (Lipinski definition) is 3. The van der Waals surface area contributed by atoms with Crippen molar-refractivity contribution in [2.45, 2.75) is 64.3 Å². The van der Waals surface area contributed by atoms with E-state index in [9.17, 15) is 4.79 Å². The van der Waals surface area contributed by atoms with Gasteiger partial charge in [0.2, 0.25) is 5.91 Å². The Morgan fingerprint density at radius 2 is 1.92 bits per heavy atom. The van der Waals surface area contributed by atoms with Gasteiger partial charge in [-0.2, -0.15) is 0 Å². The minimum atomic E-state index is -0.151. The Hall–Kier alpha value is -1.58. The summed E-state index contributed by atoms with van der Waals surface area (Å²) in [5.74, 6) is 1.47. The van der Waals surface area contributed by atoms with Crippen molar-refractivity contribution in [2.24, 2.45) is 5.41 Å². The second kappa shape index (κ2) is 6.38. The zero-order valence-electron chi connectivity index (χ0n) is 14.8. The van der Waals surface area contributed by atoms with Crippen molar-refractivity contribution >= 4 is 11.7 Å². The molecule has 24 heavy (non-hydrogen) atoms. The molecule has 4 heteroatoms. The van der Waals surface area contributed by atoms with Gasteiger partial charge >= 0.3 is 0 Å². The molecule has 0 radical (unpaired) electrons. The molecule has 4 rings (SSSR count). The van der Waals surface area contributed by atoms with E-state index in [1.807, 2.05) is 6.20 Å². The minimum Gasteiger partial charge on any atom is -0.356 e. The number of likely N-dealkylation sites (tertiary alicyclic amines) is 1. The average molecular weight is 327 g/mol. The van der Waals surface area contributed by atoms with Crippen LogP contribution in [-0.4, -0.2) is 41.5 Å². The van der Waals surface area contributed by atoms with Crippen LogP contribution in [0.4, 0.5) is 5.82 Å². The zero-order chi connectivity index (χ0) is 16.6. The average Bonchev–Trinajstić information content (AvgIpc) is 2.93. The summed E-state index contributed by atoms with van der Waals surface area (Å²) in [6, 6.07) is 4.74. The molecule has 130 valence electrons. The number of piperidine rings is 1. The lowest BCUT2D eigenvalue weighted by Gasteiger charge is -2.40. The topological polar surface area (TPSA) is 36.4 Å². The van der Waals surface area contributed by atoms with E-state index >= 15 is 0 Å². The quantitative estimate of drug-likeness (QED) is 0.833. The van der Waals surface area contributed by atoms with Crippen LogP contribution in [0.2, 0.25) is 0 Å². The van der Waals surface area contributed by atoms with E-state index in [-0.39, 0.29) is 5.41 Å². The van der Waals surface area contributed by atoms with Crippen LogP contribution < -0.4 is 4.90 Å². The Bertz CT molecular complexity index is 593. The van der Waals surface area contributed by atoms with E-state index in [0.29, 0.717) is 11.9 Å². The maximum Gasteiger partial charge on any atom is 0.230 e. The number of hydrogen-bond donors (Lipinski definition) is 0. The van der Waals surface area contributed by atoms with E-state index in [4.69, 9.17) is 0 Å². The standard InChI is InChI=1S/C20H29N3O/c1-16-8-9-18(21-14-16)22-12-5-10-20(15-22)11-13-23(19(20)24)17-6-3-2-4-7-17/h8-9,14,17H,2-7,10-13,15H2,1H3. The van der Waals surface area contributed by atoms with E-state index in [0.717, 1.165) is 44.7 Å². The molecule has 2 aliphatic heterocycles. The number of carbonyl (C=O) groups excluding carboxylic acids is 1. The van der Waals surface area contributed by atoms with Gasteiger partial charge in [0.05, 0.1) is 5.41 Å². The van der Waals surface area contributed by atoms with Crippen LogP contribution in [0.1, 0.15) is 56.9 Å². The summed E-state index contributed by atoms with van der Waals surface area (Å²) in [5, 5.41) is 0. The molecule has 3 aliphatic rings. The number of nitrogens with zero attached hydrogens (tertiary/aromatic N) is 3. The summed E-state index contributed by atoms with van der Waals surface area (Å²) in [5.41, 5.74) is 1.04. The van der Waals surface area contributed by atoms with Crippen molar-refractivity contribution in [1.82, 2.24) is 9.88 Å². The fourth-order valence-electron chi connectivity index (χ4n) is 4.94. The highest BCUT2D eigenvalue weighted by Gasteiger charge is 2.50. The van der Waals surface area contributed by atoms with Crippen LogP contribution in [0.25, 0.3) is 0 Å². The second-order valence-corrected chi connectivity index (χ2v) is 8.04. The summed E-state index contributed by atoms with van der Waals surface area (Å²) in [4.78, 5) is 22.5. The van der Waals surface area contributed by atoms with Gasteiger partial charge in [-0.1, -0.05) is 25.3 Å². The van der Waals surface area contributed by atoms with Gasteiger partial charge in [-0.3, -0.25) is 4.79 Å². The Balaban J connectivity index is 1.50. The molecule has 1 aliphatic carbocycles. The molecule has 1 spiro atoms. The van der Waals surface area contributed by atoms with Gasteiger partial charge < -0.3 is 9.80 Å². The Morgan fingerprint density at radius 1 is 1.08 bits per heavy atom. The van der Waals surface area contributed by atoms with Gasteiger partial charge in [-0.15, -0.1) is 0 Å². The number of carbonyl (C=O) groups is 1. The first-order chi connectivity index (χ1) is 11.7. The maximum atomic E-state index is 13.3. The first-order valence-electron chi connectivity index (χ1n) is 9.67. The van der Waals surface area contributed by atoms with Crippen molar-refractivity contribution in [3.05, 3.63) is 23.9 Å². The molecule has 2 saturated heterocycles. The van der Waals surface area contributed by atoms with Crippen molar-refractivity contribution in [1.29, 1.82) is 0 Å². The van der Waals surface area contributed by atoms with Crippen LogP contribution in [0, 0.1) is 12.3 Å². The summed E-state index contributed by atoms with van der Waals surface area (Å²) in [7, 11) is 0. The molecular formula is C20H29N3O. The number of rotatable bonds is 2. The van der Waals surface area contributed by atoms with Gasteiger partial charge in [-0.05, 0) is 50.7 Å². The highest BCUT2D eigenvalue weighted by atomic mass is 16.2. The van der Waals surface area contributed by atoms with Gasteiger partial charge in [-0.25, -0.2) is 4.98 Å². The molecule has 1 atom stereocenters. The first kappa shape index (κ1) is 15.9. The fourth-order valence-corrected chi connectivity index (χ4v) is 4.94. The lowest BCUT2D eigenvalue weighted by atomic mass is 9.78. The molecule has 4 nitrogen and oxygen atoms in total. The van der Waals surface area contributed by atoms with Crippen molar-refractivity contribution in [3.8, 4) is 0 Å². The summed E-state index contributed by atoms with van der Waals surface area (Å²) in [6.07, 6.45) is 11.5. The van der Waals surface area contributed by atoms with E-state index in [1.54, 1.807) is 0 Å². The lowest BCUT2D eigenvalue weighted by Crippen LogP contribution is -2.50. The van der Waals surface area contributed by atoms with Gasteiger partial charge in [0, 0.05) is 31.9 Å². The highest BCUT2D eigenvalue weighted by molar-refractivity contribution is 5.86. The summed E-state index contributed by atoms with van der Waals surface area (Å²) >= 11 is 0. The molecule has 1 unspecified atom stereocenters. The summed E-state index contributed by atoms with van der Waals surface area (Å²) in [6.45, 7) is 4.91. The van der Waals surface area contributed by atoms with E-state index in [1.165, 1.54) is 37.7 Å². The normalized spacial score (nSPS) is 28.8. The molecule has 1 aromatic rings. The number of amides is 1. The molecule has 0 N–H and O–H groups in total. The Kier molecular flexibility index (Phi) is 4.23. The van der Waals surface area contributed by atoms with Crippen molar-refractivity contribution in [3.63, 3.8) is 0 Å². The van der Waals surface area contributed by atoms with Crippen LogP contribution >= 0.6 is 0 Å². The van der Waals surface area contributed by atoms with Crippen molar-refractivity contribution < 1.29 is 4.79 Å². The third-order valence-corrected chi connectivity index (χ3v) is 6.36.